The maximum absolute atomic E-state index is 9.70. The molecule has 3 heteroatoms. The molecule has 16 heavy (non-hydrogen) atoms. The van der Waals surface area contributed by atoms with Crippen molar-refractivity contribution in [1.82, 2.24) is 10.2 Å². The van der Waals surface area contributed by atoms with Gasteiger partial charge in [0.15, 0.2) is 0 Å². The highest BCUT2D eigenvalue weighted by Crippen LogP contribution is 2.37. The first-order chi connectivity index (χ1) is 7.72. The average Bonchev–Trinajstić information content (AvgIpc) is 3.15. The van der Waals surface area contributed by atoms with Gasteiger partial charge in [0.05, 0.1) is 12.1 Å². The fourth-order valence-electron chi connectivity index (χ4n) is 3.13. The average molecular weight is 224 g/mol. The van der Waals surface area contributed by atoms with E-state index in [9.17, 15) is 5.11 Å². The van der Waals surface area contributed by atoms with Crippen LogP contribution in [0.25, 0.3) is 0 Å². The van der Waals surface area contributed by atoms with E-state index in [1.807, 2.05) is 0 Å². The Morgan fingerprint density at radius 3 is 2.62 bits per heavy atom. The van der Waals surface area contributed by atoms with Crippen LogP contribution in [0.2, 0.25) is 0 Å². The Bertz CT molecular complexity index is 263. The molecule has 0 amide bonds. The summed E-state index contributed by atoms with van der Waals surface area (Å²) in [4.78, 5) is 2.61. The van der Waals surface area contributed by atoms with E-state index in [2.05, 4.69) is 17.1 Å². The van der Waals surface area contributed by atoms with Crippen molar-refractivity contribution < 1.29 is 5.11 Å². The number of aliphatic hydroxyl groups excluding tert-OH is 1. The van der Waals surface area contributed by atoms with Crippen molar-refractivity contribution in [1.29, 1.82) is 0 Å². The molecule has 92 valence electrons. The molecule has 2 saturated carbocycles. The maximum Gasteiger partial charge on any atom is 0.0626 e. The Morgan fingerprint density at radius 2 is 2.06 bits per heavy atom. The van der Waals surface area contributed by atoms with E-state index in [0.717, 1.165) is 31.5 Å². The minimum absolute atomic E-state index is 0.00456. The molecule has 0 aromatic heterocycles. The molecule has 0 aromatic carbocycles. The Balaban J connectivity index is 1.60. The zero-order valence-electron chi connectivity index (χ0n) is 10.3. The van der Waals surface area contributed by atoms with Crippen LogP contribution in [-0.2, 0) is 0 Å². The van der Waals surface area contributed by atoms with Gasteiger partial charge >= 0.3 is 0 Å². The maximum atomic E-state index is 9.70. The minimum Gasteiger partial charge on any atom is -0.394 e. The van der Waals surface area contributed by atoms with Crippen molar-refractivity contribution in [2.75, 3.05) is 19.7 Å². The van der Waals surface area contributed by atoms with Crippen molar-refractivity contribution in [3.8, 4) is 0 Å². The highest BCUT2D eigenvalue weighted by Gasteiger charge is 2.46. The number of hydrogen-bond donors (Lipinski definition) is 2. The fourth-order valence-corrected chi connectivity index (χ4v) is 3.13. The number of aliphatic hydroxyl groups is 1. The molecular weight excluding hydrogens is 200 g/mol. The summed E-state index contributed by atoms with van der Waals surface area (Å²) < 4.78 is 0. The number of nitrogens with one attached hydrogen (secondary N) is 1. The van der Waals surface area contributed by atoms with Gasteiger partial charge in [0.1, 0.15) is 0 Å². The molecule has 2 aliphatic carbocycles. The molecule has 3 nitrogen and oxygen atoms in total. The Kier molecular flexibility index (Phi) is 2.73. The van der Waals surface area contributed by atoms with Crippen LogP contribution in [0.15, 0.2) is 0 Å². The Labute approximate surface area is 98.2 Å². The number of nitrogens with zero attached hydrogens (tertiary/aromatic N) is 1. The van der Waals surface area contributed by atoms with E-state index >= 15 is 0 Å². The Hall–Kier alpha value is -0.120. The lowest BCUT2D eigenvalue weighted by molar-refractivity contribution is 0.157. The molecule has 2 unspecified atom stereocenters. The first kappa shape index (κ1) is 11.0. The molecule has 2 N–H and O–H groups in total. The number of likely N-dealkylation sites (tertiary alicyclic amines) is 1. The lowest BCUT2D eigenvalue weighted by Crippen LogP contribution is -2.51. The van der Waals surface area contributed by atoms with Gasteiger partial charge in [-0.2, -0.15) is 0 Å². The second kappa shape index (κ2) is 3.97. The molecule has 3 rings (SSSR count). The normalized spacial score (nSPS) is 40.5. The predicted octanol–water partition coefficient (Wildman–Crippen LogP) is 0.974. The van der Waals surface area contributed by atoms with Crippen LogP contribution in [0.1, 0.15) is 39.0 Å². The van der Waals surface area contributed by atoms with Crippen molar-refractivity contribution in [3.63, 3.8) is 0 Å². The van der Waals surface area contributed by atoms with E-state index < -0.39 is 0 Å². The Morgan fingerprint density at radius 1 is 1.31 bits per heavy atom. The first-order valence-corrected chi connectivity index (χ1v) is 6.84. The van der Waals surface area contributed by atoms with Gasteiger partial charge in [-0.25, -0.2) is 0 Å². The SMILES string of the molecule is CC1CC(CO)(NCC2CC2)CN1C1CC1. The van der Waals surface area contributed by atoms with E-state index in [-0.39, 0.29) is 5.54 Å². The largest absolute Gasteiger partial charge is 0.394 e. The van der Waals surface area contributed by atoms with Crippen LogP contribution in [0.4, 0.5) is 0 Å². The summed E-state index contributed by atoms with van der Waals surface area (Å²) in [6.07, 6.45) is 6.63. The zero-order chi connectivity index (χ0) is 11.2. The highest BCUT2D eigenvalue weighted by atomic mass is 16.3. The van der Waals surface area contributed by atoms with Crippen LogP contribution in [0.3, 0.4) is 0 Å². The molecule has 0 bridgehead atoms. The number of rotatable bonds is 5. The van der Waals surface area contributed by atoms with Crippen LogP contribution in [-0.4, -0.2) is 47.3 Å². The monoisotopic (exact) mass is 224 g/mol. The molecular formula is C13H24N2O. The smallest absolute Gasteiger partial charge is 0.0626 e. The first-order valence-electron chi connectivity index (χ1n) is 6.84. The fraction of sp³-hybridized carbons (Fsp3) is 1.00. The molecule has 0 aromatic rings. The van der Waals surface area contributed by atoms with E-state index in [1.54, 1.807) is 0 Å². The van der Waals surface area contributed by atoms with Gasteiger partial charge in [0.2, 0.25) is 0 Å². The van der Waals surface area contributed by atoms with Gasteiger partial charge in [0.25, 0.3) is 0 Å². The second-order valence-corrected chi connectivity index (χ2v) is 6.22. The summed E-state index contributed by atoms with van der Waals surface area (Å²) in [7, 11) is 0. The second-order valence-electron chi connectivity index (χ2n) is 6.22. The molecule has 1 saturated heterocycles. The van der Waals surface area contributed by atoms with Crippen molar-refractivity contribution in [2.45, 2.75) is 56.7 Å². The highest BCUT2D eigenvalue weighted by molar-refractivity contribution is 5.05. The summed E-state index contributed by atoms with van der Waals surface area (Å²) in [5, 5.41) is 13.4. The van der Waals surface area contributed by atoms with Crippen LogP contribution >= 0.6 is 0 Å². The van der Waals surface area contributed by atoms with Gasteiger partial charge in [0, 0.05) is 18.6 Å². The summed E-state index contributed by atoms with van der Waals surface area (Å²) in [6, 6.07) is 1.47. The molecule has 0 radical (unpaired) electrons. The van der Waals surface area contributed by atoms with Crippen LogP contribution < -0.4 is 5.32 Å². The van der Waals surface area contributed by atoms with E-state index in [1.165, 1.54) is 25.7 Å². The third-order valence-electron chi connectivity index (χ3n) is 4.52. The van der Waals surface area contributed by atoms with E-state index in [0.29, 0.717) is 12.6 Å². The van der Waals surface area contributed by atoms with Gasteiger partial charge in [-0.15, -0.1) is 0 Å². The van der Waals surface area contributed by atoms with Crippen molar-refractivity contribution >= 4 is 0 Å². The van der Waals surface area contributed by atoms with Crippen LogP contribution in [0.5, 0.6) is 0 Å². The minimum atomic E-state index is 0.00456. The third kappa shape index (κ3) is 2.13. The molecule has 0 spiro atoms. The lowest BCUT2D eigenvalue weighted by atomic mass is 9.97. The summed E-state index contributed by atoms with van der Waals surface area (Å²) >= 11 is 0. The molecule has 2 atom stereocenters. The lowest BCUT2D eigenvalue weighted by Gasteiger charge is -2.29. The number of hydrogen-bond acceptors (Lipinski definition) is 3. The molecule has 3 fully saturated rings. The molecule has 1 aliphatic heterocycles. The van der Waals surface area contributed by atoms with Crippen molar-refractivity contribution in [2.24, 2.45) is 5.92 Å². The summed E-state index contributed by atoms with van der Waals surface area (Å²) in [5.41, 5.74) is 0.00456. The molecule has 1 heterocycles. The standard InChI is InChI=1S/C13H24N2O/c1-10-6-13(9-16,14-7-11-2-3-11)8-15(10)12-4-5-12/h10-12,14,16H,2-9H2,1H3. The topological polar surface area (TPSA) is 35.5 Å². The predicted molar refractivity (Wildman–Crippen MR) is 64.4 cm³/mol. The van der Waals surface area contributed by atoms with Gasteiger partial charge < -0.3 is 10.4 Å². The van der Waals surface area contributed by atoms with E-state index in [4.69, 9.17) is 0 Å². The van der Waals surface area contributed by atoms with Gasteiger partial charge in [-0.05, 0) is 51.5 Å². The molecule has 3 aliphatic rings. The van der Waals surface area contributed by atoms with Crippen molar-refractivity contribution in [3.05, 3.63) is 0 Å². The summed E-state index contributed by atoms with van der Waals surface area (Å²) in [6.45, 7) is 4.79. The zero-order valence-corrected chi connectivity index (χ0v) is 10.3. The van der Waals surface area contributed by atoms with Gasteiger partial charge in [-0.3, -0.25) is 4.90 Å². The third-order valence-corrected chi connectivity index (χ3v) is 4.52. The van der Waals surface area contributed by atoms with Crippen LogP contribution in [0, 0.1) is 5.92 Å². The van der Waals surface area contributed by atoms with Gasteiger partial charge in [-0.1, -0.05) is 0 Å². The quantitative estimate of drug-likeness (QED) is 0.730. The summed E-state index contributed by atoms with van der Waals surface area (Å²) in [5.74, 6) is 0.897.